The molecule has 0 aliphatic rings. The molecular weight excluding hydrogens is 529 g/mol. The number of imidazole rings is 1. The fourth-order valence-corrected chi connectivity index (χ4v) is 7.74. The van der Waals surface area contributed by atoms with Gasteiger partial charge < -0.3 is 0 Å². The van der Waals surface area contributed by atoms with E-state index in [2.05, 4.69) is 141 Å². The van der Waals surface area contributed by atoms with E-state index in [0.29, 0.717) is 11.8 Å². The van der Waals surface area contributed by atoms with Crippen molar-refractivity contribution in [1.82, 2.24) is 9.55 Å². The summed E-state index contributed by atoms with van der Waals surface area (Å²) in [5.74, 6) is 1.78. The van der Waals surface area contributed by atoms with E-state index in [1.54, 1.807) is 0 Å². The van der Waals surface area contributed by atoms with Gasteiger partial charge in [-0.1, -0.05) is 94.4 Å². The summed E-state index contributed by atoms with van der Waals surface area (Å²) in [6.07, 6.45) is 0. The van der Waals surface area contributed by atoms with Crippen molar-refractivity contribution in [3.05, 3.63) is 120 Å². The molecule has 8 rings (SSSR count). The molecule has 0 bridgehead atoms. The maximum atomic E-state index is 5.28. The van der Waals surface area contributed by atoms with Crippen molar-refractivity contribution in [2.75, 3.05) is 0 Å². The first-order valence-electron chi connectivity index (χ1n) is 14.9. The van der Waals surface area contributed by atoms with Crippen LogP contribution in [0.1, 0.15) is 50.7 Å². The minimum atomic E-state index is 0.389. The summed E-state index contributed by atoms with van der Waals surface area (Å²) in [4.78, 5) is 5.28. The van der Waals surface area contributed by atoms with Crippen LogP contribution in [0.2, 0.25) is 0 Å². The summed E-state index contributed by atoms with van der Waals surface area (Å²) in [7, 11) is 0. The SMILES string of the molecule is CC(C)c1cccc(C(C)C)c1-n1c(-c2ccc3sc4cc5c(ccc6ccccc65)cc4c3c2)nc2ccccc21. The molecule has 0 radical (unpaired) electrons. The second-order valence-electron chi connectivity index (χ2n) is 12.0. The Morgan fingerprint density at radius 2 is 1.29 bits per heavy atom. The molecule has 0 fully saturated rings. The summed E-state index contributed by atoms with van der Waals surface area (Å²) in [6, 6.07) is 40.2. The quantitative estimate of drug-likeness (QED) is 0.196. The Morgan fingerprint density at radius 3 is 2.10 bits per heavy atom. The van der Waals surface area contributed by atoms with Gasteiger partial charge in [0.2, 0.25) is 0 Å². The van der Waals surface area contributed by atoms with Crippen molar-refractivity contribution in [1.29, 1.82) is 0 Å². The normalized spacial score (nSPS) is 12.2. The van der Waals surface area contributed by atoms with Crippen LogP contribution in [-0.4, -0.2) is 9.55 Å². The Labute approximate surface area is 249 Å². The molecule has 3 heteroatoms. The third-order valence-electron chi connectivity index (χ3n) is 8.72. The molecule has 0 aliphatic heterocycles. The number of benzene rings is 6. The third-order valence-corrected chi connectivity index (χ3v) is 9.85. The lowest BCUT2D eigenvalue weighted by Gasteiger charge is -2.22. The molecule has 6 aromatic carbocycles. The van der Waals surface area contributed by atoms with Crippen molar-refractivity contribution in [2.24, 2.45) is 0 Å². The van der Waals surface area contributed by atoms with Crippen molar-refractivity contribution >= 4 is 64.1 Å². The van der Waals surface area contributed by atoms with Gasteiger partial charge in [-0.05, 0) is 87.0 Å². The van der Waals surface area contributed by atoms with E-state index < -0.39 is 0 Å². The predicted molar refractivity (Wildman–Crippen MR) is 183 cm³/mol. The van der Waals surface area contributed by atoms with Crippen LogP contribution in [0.25, 0.3) is 69.8 Å². The van der Waals surface area contributed by atoms with Crippen LogP contribution in [0, 0.1) is 0 Å². The lowest BCUT2D eigenvalue weighted by Crippen LogP contribution is -2.08. The third kappa shape index (κ3) is 3.80. The highest BCUT2D eigenvalue weighted by Crippen LogP contribution is 2.42. The number of rotatable bonds is 4. The monoisotopic (exact) mass is 560 g/mol. The van der Waals surface area contributed by atoms with Gasteiger partial charge in [-0.3, -0.25) is 4.57 Å². The number of para-hydroxylation sites is 3. The highest BCUT2D eigenvalue weighted by atomic mass is 32.1. The fraction of sp³-hybridized carbons (Fsp3) is 0.154. The average molecular weight is 561 g/mol. The van der Waals surface area contributed by atoms with E-state index in [0.717, 1.165) is 22.4 Å². The van der Waals surface area contributed by atoms with Crippen LogP contribution in [0.15, 0.2) is 109 Å². The maximum Gasteiger partial charge on any atom is 0.145 e. The van der Waals surface area contributed by atoms with Gasteiger partial charge in [0.1, 0.15) is 5.82 Å². The van der Waals surface area contributed by atoms with E-state index in [1.165, 1.54) is 58.5 Å². The van der Waals surface area contributed by atoms with Crippen LogP contribution in [-0.2, 0) is 0 Å². The molecule has 2 heterocycles. The number of aromatic nitrogens is 2. The minimum absolute atomic E-state index is 0.389. The highest BCUT2D eigenvalue weighted by molar-refractivity contribution is 7.25. The van der Waals surface area contributed by atoms with E-state index in [-0.39, 0.29) is 0 Å². The number of nitrogens with zero attached hydrogens (tertiary/aromatic N) is 2. The molecule has 0 unspecified atom stereocenters. The fourth-order valence-electron chi connectivity index (χ4n) is 6.63. The molecular formula is C39H32N2S. The maximum absolute atomic E-state index is 5.28. The molecule has 0 saturated heterocycles. The van der Waals surface area contributed by atoms with E-state index in [1.807, 2.05) is 11.3 Å². The van der Waals surface area contributed by atoms with Gasteiger partial charge in [0.05, 0.1) is 16.7 Å². The summed E-state index contributed by atoms with van der Waals surface area (Å²) in [6.45, 7) is 9.16. The molecule has 8 aromatic rings. The Bertz CT molecular complexity index is 2290. The lowest BCUT2D eigenvalue weighted by atomic mass is 9.92. The van der Waals surface area contributed by atoms with Crippen molar-refractivity contribution < 1.29 is 0 Å². The molecule has 0 saturated carbocycles. The zero-order valence-corrected chi connectivity index (χ0v) is 25.2. The molecule has 0 atom stereocenters. The van der Waals surface area contributed by atoms with Gasteiger partial charge in [0.25, 0.3) is 0 Å². The van der Waals surface area contributed by atoms with Crippen molar-refractivity contribution in [3.8, 4) is 17.1 Å². The Balaban J connectivity index is 1.41. The number of fused-ring (bicyclic) bond motifs is 7. The first kappa shape index (κ1) is 25.3. The standard InChI is InChI=1S/C39H32N2S/c1-23(2)28-12-9-13-29(24(3)4)38(28)41-35-15-8-7-14-34(35)40-39(41)27-18-19-36-32(21-27)33-20-26-17-16-25-10-5-6-11-30(25)31(26)22-37(33)42-36/h5-24H,1-4H3. The largest absolute Gasteiger partial charge is 0.292 e. The Kier molecular flexibility index (Phi) is 5.74. The van der Waals surface area contributed by atoms with Crippen LogP contribution in [0.3, 0.4) is 0 Å². The van der Waals surface area contributed by atoms with Crippen LogP contribution in [0.4, 0.5) is 0 Å². The first-order chi connectivity index (χ1) is 20.5. The first-order valence-corrected chi connectivity index (χ1v) is 15.7. The number of hydrogen-bond donors (Lipinski definition) is 0. The predicted octanol–water partition coefficient (Wildman–Crippen LogP) is 11.6. The van der Waals surface area contributed by atoms with E-state index >= 15 is 0 Å². The van der Waals surface area contributed by atoms with Crippen LogP contribution in [0.5, 0.6) is 0 Å². The van der Waals surface area contributed by atoms with E-state index in [4.69, 9.17) is 4.98 Å². The zero-order valence-electron chi connectivity index (χ0n) is 24.3. The minimum Gasteiger partial charge on any atom is -0.292 e. The molecule has 0 amide bonds. The molecule has 204 valence electrons. The number of thiophene rings is 1. The van der Waals surface area contributed by atoms with Gasteiger partial charge in [0.15, 0.2) is 0 Å². The summed E-state index contributed by atoms with van der Waals surface area (Å²) in [5.41, 5.74) is 7.30. The zero-order chi connectivity index (χ0) is 28.5. The number of hydrogen-bond acceptors (Lipinski definition) is 2. The van der Waals surface area contributed by atoms with Gasteiger partial charge in [-0.15, -0.1) is 11.3 Å². The molecule has 0 spiro atoms. The van der Waals surface area contributed by atoms with Crippen LogP contribution >= 0.6 is 11.3 Å². The van der Waals surface area contributed by atoms with Crippen molar-refractivity contribution in [3.63, 3.8) is 0 Å². The molecule has 2 aromatic heterocycles. The Morgan fingerprint density at radius 1 is 0.571 bits per heavy atom. The Hall–Kier alpha value is -4.47. The second kappa shape index (κ2) is 9.54. The molecule has 2 nitrogen and oxygen atoms in total. The lowest BCUT2D eigenvalue weighted by molar-refractivity contribution is 0.811. The smallest absolute Gasteiger partial charge is 0.145 e. The molecule has 42 heavy (non-hydrogen) atoms. The van der Waals surface area contributed by atoms with Gasteiger partial charge in [-0.25, -0.2) is 4.98 Å². The summed E-state index contributed by atoms with van der Waals surface area (Å²) in [5, 5.41) is 7.81. The van der Waals surface area contributed by atoms with Gasteiger partial charge in [0, 0.05) is 25.7 Å². The summed E-state index contributed by atoms with van der Waals surface area (Å²) < 4.78 is 5.06. The van der Waals surface area contributed by atoms with Gasteiger partial charge in [-0.2, -0.15) is 0 Å². The highest BCUT2D eigenvalue weighted by Gasteiger charge is 2.22. The molecule has 0 aliphatic carbocycles. The topological polar surface area (TPSA) is 17.8 Å². The average Bonchev–Trinajstić information content (AvgIpc) is 3.57. The van der Waals surface area contributed by atoms with Crippen LogP contribution < -0.4 is 0 Å². The summed E-state index contributed by atoms with van der Waals surface area (Å²) >= 11 is 1.88. The van der Waals surface area contributed by atoms with Crippen molar-refractivity contribution in [2.45, 2.75) is 39.5 Å². The molecule has 0 N–H and O–H groups in total. The second-order valence-corrected chi connectivity index (χ2v) is 13.1. The van der Waals surface area contributed by atoms with E-state index in [9.17, 15) is 0 Å². The van der Waals surface area contributed by atoms with Gasteiger partial charge >= 0.3 is 0 Å².